The van der Waals surface area contributed by atoms with E-state index in [2.05, 4.69) is 0 Å². The molecule has 5 nitrogen and oxygen atoms in total. The Labute approximate surface area is 200 Å². The van der Waals surface area contributed by atoms with Crippen LogP contribution >= 0.6 is 22.9 Å². The first kappa shape index (κ1) is 21.6. The van der Waals surface area contributed by atoms with Gasteiger partial charge in [0.1, 0.15) is 10.8 Å². The third kappa shape index (κ3) is 3.79. The Kier molecular flexibility index (Phi) is 5.64. The predicted molar refractivity (Wildman–Crippen MR) is 132 cm³/mol. The van der Waals surface area contributed by atoms with Crippen LogP contribution < -0.4 is 10.3 Å². The summed E-state index contributed by atoms with van der Waals surface area (Å²) in [6.07, 6.45) is 1.85. The van der Waals surface area contributed by atoms with Crippen molar-refractivity contribution in [3.05, 3.63) is 86.1 Å². The molecule has 0 radical (unpaired) electrons. The van der Waals surface area contributed by atoms with Crippen molar-refractivity contribution in [1.29, 1.82) is 0 Å². The number of benzene rings is 2. The number of aromatic nitrogens is 2. The average molecular weight is 477 g/mol. The second-order valence-electron chi connectivity index (χ2n) is 8.01. The molecule has 0 saturated heterocycles. The fraction of sp³-hybridized carbons (Fsp3) is 0.192. The van der Waals surface area contributed by atoms with E-state index in [9.17, 15) is 9.59 Å². The van der Waals surface area contributed by atoms with Crippen LogP contribution in [0.2, 0.25) is 5.02 Å². The van der Waals surface area contributed by atoms with Crippen LogP contribution in [0.1, 0.15) is 34.5 Å². The highest BCUT2D eigenvalue weighted by molar-refractivity contribution is 7.13. The van der Waals surface area contributed by atoms with Crippen LogP contribution in [0, 0.1) is 6.92 Å². The number of nitrogens with zero attached hydrogens (tertiary/aromatic N) is 2. The van der Waals surface area contributed by atoms with Gasteiger partial charge < -0.3 is 4.74 Å². The highest BCUT2D eigenvalue weighted by Gasteiger charge is 2.27. The molecular formula is C26H21ClN2O3S. The van der Waals surface area contributed by atoms with Gasteiger partial charge in [0, 0.05) is 33.6 Å². The van der Waals surface area contributed by atoms with E-state index in [1.807, 2.05) is 54.8 Å². The Hall–Kier alpha value is -3.22. The number of halogens is 1. The summed E-state index contributed by atoms with van der Waals surface area (Å²) in [5.41, 5.74) is 4.79. The molecule has 0 unspecified atom stereocenters. The number of carbonyl (C=O) groups excluding carboxylic acids is 1. The first-order valence-electron chi connectivity index (χ1n) is 10.7. The number of ether oxygens (including phenoxy) is 1. The first-order chi connectivity index (χ1) is 16.0. The van der Waals surface area contributed by atoms with Crippen LogP contribution in [0.15, 0.2) is 58.7 Å². The van der Waals surface area contributed by atoms with E-state index < -0.39 is 0 Å². The molecule has 166 valence electrons. The molecule has 5 rings (SSSR count). The minimum Gasteiger partial charge on any atom is -0.495 e. The molecule has 0 aliphatic heterocycles. The summed E-state index contributed by atoms with van der Waals surface area (Å²) < 4.78 is 7.27. The second-order valence-corrected chi connectivity index (χ2v) is 9.30. The number of aryl methyl sites for hydroxylation is 1. The third-order valence-electron chi connectivity index (χ3n) is 5.94. The van der Waals surface area contributed by atoms with E-state index >= 15 is 0 Å². The third-order valence-corrected chi connectivity index (χ3v) is 7.07. The van der Waals surface area contributed by atoms with E-state index in [-0.39, 0.29) is 11.3 Å². The molecule has 0 bridgehead atoms. The molecule has 1 aliphatic carbocycles. The molecule has 0 spiro atoms. The number of methoxy groups -OCH3 is 1. The largest absolute Gasteiger partial charge is 0.495 e. The molecule has 2 aromatic carbocycles. The SMILES string of the molecule is COc1cccc(C)c1-n1c2c(cc(-c3nc(-c4ccc(Cl)cc4)cs3)c1=O)C(=O)CCC2. The molecule has 0 saturated carbocycles. The fourth-order valence-electron chi connectivity index (χ4n) is 4.32. The van der Waals surface area contributed by atoms with Gasteiger partial charge in [-0.1, -0.05) is 35.9 Å². The van der Waals surface area contributed by atoms with Gasteiger partial charge in [-0.3, -0.25) is 14.2 Å². The number of thiazole rings is 1. The number of ketones is 1. The van der Waals surface area contributed by atoms with Crippen LogP contribution in [0.3, 0.4) is 0 Å². The molecular weight excluding hydrogens is 456 g/mol. The van der Waals surface area contributed by atoms with E-state index in [0.717, 1.165) is 28.9 Å². The zero-order chi connectivity index (χ0) is 23.1. The number of pyridine rings is 1. The van der Waals surface area contributed by atoms with Crippen molar-refractivity contribution >= 4 is 28.7 Å². The summed E-state index contributed by atoms with van der Waals surface area (Å²) in [7, 11) is 1.59. The lowest BCUT2D eigenvalue weighted by molar-refractivity contribution is 0.0971. The van der Waals surface area contributed by atoms with Crippen molar-refractivity contribution < 1.29 is 9.53 Å². The van der Waals surface area contributed by atoms with Crippen molar-refractivity contribution in [1.82, 2.24) is 9.55 Å². The van der Waals surface area contributed by atoms with E-state index in [1.165, 1.54) is 11.3 Å². The van der Waals surface area contributed by atoms with Gasteiger partial charge in [-0.25, -0.2) is 4.98 Å². The van der Waals surface area contributed by atoms with Crippen molar-refractivity contribution in [3.63, 3.8) is 0 Å². The summed E-state index contributed by atoms with van der Waals surface area (Å²) >= 11 is 7.40. The Balaban J connectivity index is 1.75. The fourth-order valence-corrected chi connectivity index (χ4v) is 5.28. The van der Waals surface area contributed by atoms with Crippen LogP contribution in [-0.2, 0) is 6.42 Å². The van der Waals surface area contributed by atoms with Crippen LogP contribution in [0.5, 0.6) is 5.75 Å². The molecule has 7 heteroatoms. The van der Waals surface area contributed by atoms with Gasteiger partial charge in [0.25, 0.3) is 5.56 Å². The van der Waals surface area contributed by atoms with E-state index in [1.54, 1.807) is 17.7 Å². The van der Waals surface area contributed by atoms with Gasteiger partial charge >= 0.3 is 0 Å². The summed E-state index contributed by atoms with van der Waals surface area (Å²) in [5.74, 6) is 0.642. The number of Topliss-reactive ketones (excluding diaryl/α,β-unsaturated/α-hetero) is 1. The maximum absolute atomic E-state index is 13.9. The smallest absolute Gasteiger partial charge is 0.265 e. The molecule has 0 N–H and O–H groups in total. The summed E-state index contributed by atoms with van der Waals surface area (Å²) in [5, 5.41) is 3.14. The minimum atomic E-state index is -0.201. The number of carbonyl (C=O) groups is 1. The monoisotopic (exact) mass is 476 g/mol. The molecule has 33 heavy (non-hydrogen) atoms. The van der Waals surface area contributed by atoms with Gasteiger partial charge in [-0.05, 0) is 49.6 Å². The van der Waals surface area contributed by atoms with Gasteiger partial charge in [-0.2, -0.15) is 0 Å². The van der Waals surface area contributed by atoms with Crippen LogP contribution in [0.4, 0.5) is 0 Å². The maximum atomic E-state index is 13.9. The lowest BCUT2D eigenvalue weighted by atomic mass is 9.92. The first-order valence-corrected chi connectivity index (χ1v) is 11.9. The number of hydrogen-bond acceptors (Lipinski definition) is 5. The van der Waals surface area contributed by atoms with Crippen LogP contribution in [0.25, 0.3) is 27.5 Å². The number of hydrogen-bond donors (Lipinski definition) is 0. The standard InChI is InChI=1S/C26H21ClN2O3S/c1-15-5-3-8-23(32-2)24(15)29-21-6-4-7-22(30)18(21)13-19(26(29)31)25-28-20(14-33-25)16-9-11-17(27)12-10-16/h3,5,8-14H,4,6-7H2,1-2H3. The molecule has 0 atom stereocenters. The summed E-state index contributed by atoms with van der Waals surface area (Å²) in [6.45, 7) is 1.94. The number of fused-ring (bicyclic) bond motifs is 1. The predicted octanol–water partition coefficient (Wildman–Crippen LogP) is 6.12. The van der Waals surface area contributed by atoms with Crippen molar-refractivity contribution in [2.24, 2.45) is 0 Å². The average Bonchev–Trinajstić information content (AvgIpc) is 3.30. The lowest BCUT2D eigenvalue weighted by Gasteiger charge is -2.23. The zero-order valence-electron chi connectivity index (χ0n) is 18.2. The maximum Gasteiger partial charge on any atom is 0.265 e. The van der Waals surface area contributed by atoms with Crippen LogP contribution in [-0.4, -0.2) is 22.4 Å². The molecule has 1 aliphatic rings. The normalized spacial score (nSPS) is 13.1. The molecule has 0 amide bonds. The Morgan fingerprint density at radius 3 is 2.61 bits per heavy atom. The van der Waals surface area contributed by atoms with Crippen molar-refractivity contribution in [2.75, 3.05) is 7.11 Å². The zero-order valence-corrected chi connectivity index (χ0v) is 19.8. The highest BCUT2D eigenvalue weighted by atomic mass is 35.5. The second kappa shape index (κ2) is 8.61. The van der Waals surface area contributed by atoms with Crippen molar-refractivity contribution in [2.45, 2.75) is 26.2 Å². The van der Waals surface area contributed by atoms with Crippen molar-refractivity contribution in [3.8, 4) is 33.3 Å². The van der Waals surface area contributed by atoms with E-state index in [0.29, 0.717) is 45.4 Å². The van der Waals surface area contributed by atoms with Gasteiger partial charge in [-0.15, -0.1) is 11.3 Å². The quantitative estimate of drug-likeness (QED) is 0.356. The topological polar surface area (TPSA) is 61.2 Å². The molecule has 0 fully saturated rings. The summed E-state index contributed by atoms with van der Waals surface area (Å²) in [6, 6.07) is 14.8. The van der Waals surface area contributed by atoms with E-state index in [4.69, 9.17) is 21.3 Å². The number of rotatable bonds is 4. The molecule has 4 aromatic rings. The Morgan fingerprint density at radius 1 is 1.06 bits per heavy atom. The minimum absolute atomic E-state index is 0.0493. The highest BCUT2D eigenvalue weighted by Crippen LogP contribution is 2.34. The van der Waals surface area contributed by atoms with Gasteiger partial charge in [0.05, 0.1) is 24.1 Å². The van der Waals surface area contributed by atoms with Gasteiger partial charge in [0.15, 0.2) is 5.78 Å². The molecule has 2 heterocycles. The summed E-state index contributed by atoms with van der Waals surface area (Å²) in [4.78, 5) is 31.5. The molecule has 2 aromatic heterocycles. The number of para-hydroxylation sites is 1. The lowest BCUT2D eigenvalue weighted by Crippen LogP contribution is -2.29. The van der Waals surface area contributed by atoms with Gasteiger partial charge in [0.2, 0.25) is 0 Å². The Morgan fingerprint density at radius 2 is 1.85 bits per heavy atom. The Bertz CT molecular complexity index is 1440.